The number of carbonyl (C=O) groups is 1. The Balaban J connectivity index is 2.61. The molecule has 0 unspecified atom stereocenters. The molecule has 1 amide bonds. The third-order valence-electron chi connectivity index (χ3n) is 4.73. The number of nitrogens with zero attached hydrogens (tertiary/aromatic N) is 2. The molecule has 0 spiro atoms. The first-order valence-electron chi connectivity index (χ1n) is 10.5. The number of ether oxygens (including phenoxy) is 1. The van der Waals surface area contributed by atoms with Gasteiger partial charge in [-0.15, -0.1) is 0 Å². The summed E-state index contributed by atoms with van der Waals surface area (Å²) in [7, 11) is 0. The smallest absolute Gasteiger partial charge is 0.249 e. The average molecular weight is 393 g/mol. The molecule has 0 aliphatic carbocycles. The number of amides is 1. The minimum absolute atomic E-state index is 0.0503. The molecule has 0 aromatic heterocycles. The van der Waals surface area contributed by atoms with E-state index < -0.39 is 0 Å². The summed E-state index contributed by atoms with van der Waals surface area (Å²) >= 11 is 0. The van der Waals surface area contributed by atoms with Crippen LogP contribution < -0.4 is 10.6 Å². The van der Waals surface area contributed by atoms with Crippen molar-refractivity contribution in [1.82, 2.24) is 15.5 Å². The number of rotatable bonds is 11. The van der Waals surface area contributed by atoms with E-state index >= 15 is 0 Å². The summed E-state index contributed by atoms with van der Waals surface area (Å²) in [5, 5.41) is 6.23. The van der Waals surface area contributed by atoms with Crippen LogP contribution in [0.1, 0.15) is 53.9 Å². The van der Waals surface area contributed by atoms with E-state index in [-0.39, 0.29) is 11.3 Å². The third kappa shape index (κ3) is 10.0. The fourth-order valence-electron chi connectivity index (χ4n) is 2.90. The molecule has 0 saturated carbocycles. The molecule has 0 bridgehead atoms. The number of morpholine rings is 1. The van der Waals surface area contributed by atoms with Gasteiger partial charge in [0.2, 0.25) is 5.91 Å². The standard InChI is InChI=1S/C22H40N4O2/c1-7-8-18(2)20(19(3)21(27)24-10-9-22(4,5)6)25-17-23-11-12-26-13-15-28-16-14-26/h17H,2,7-16H2,1,3-6H3,(H,23,25)(H,24,27)/b20-19-. The van der Waals surface area contributed by atoms with Crippen LogP contribution in [0.3, 0.4) is 0 Å². The van der Waals surface area contributed by atoms with Crippen LogP contribution in [0, 0.1) is 5.41 Å². The molecule has 1 aliphatic heterocycles. The summed E-state index contributed by atoms with van der Waals surface area (Å²) in [6.07, 6.45) is 4.46. The highest BCUT2D eigenvalue weighted by Crippen LogP contribution is 2.18. The maximum Gasteiger partial charge on any atom is 0.249 e. The molecule has 6 heteroatoms. The molecule has 2 N–H and O–H groups in total. The lowest BCUT2D eigenvalue weighted by molar-refractivity contribution is -0.117. The highest BCUT2D eigenvalue weighted by atomic mass is 16.5. The van der Waals surface area contributed by atoms with E-state index in [0.29, 0.717) is 12.1 Å². The van der Waals surface area contributed by atoms with Crippen LogP contribution in [0.2, 0.25) is 0 Å². The quantitative estimate of drug-likeness (QED) is 0.245. The number of allylic oxidation sites excluding steroid dienone is 1. The second-order valence-electron chi connectivity index (χ2n) is 8.55. The maximum absolute atomic E-state index is 12.6. The van der Waals surface area contributed by atoms with E-state index in [1.54, 1.807) is 6.34 Å². The molecular formula is C22H40N4O2. The zero-order valence-electron chi connectivity index (χ0n) is 18.6. The van der Waals surface area contributed by atoms with Gasteiger partial charge in [-0.1, -0.05) is 40.7 Å². The van der Waals surface area contributed by atoms with Gasteiger partial charge < -0.3 is 15.4 Å². The van der Waals surface area contributed by atoms with Crippen molar-refractivity contribution < 1.29 is 9.53 Å². The van der Waals surface area contributed by atoms with Crippen LogP contribution in [-0.2, 0) is 9.53 Å². The van der Waals surface area contributed by atoms with Crippen LogP contribution in [0.4, 0.5) is 0 Å². The van der Waals surface area contributed by atoms with E-state index in [1.807, 2.05) is 6.92 Å². The minimum Gasteiger partial charge on any atom is -0.379 e. The first kappa shape index (κ1) is 24.4. The van der Waals surface area contributed by atoms with E-state index in [0.717, 1.165) is 69.9 Å². The number of aliphatic imine (C=N–C) groups is 1. The van der Waals surface area contributed by atoms with Gasteiger partial charge in [-0.2, -0.15) is 0 Å². The van der Waals surface area contributed by atoms with E-state index in [1.165, 1.54) is 0 Å². The average Bonchev–Trinajstić information content (AvgIpc) is 2.64. The molecule has 6 nitrogen and oxygen atoms in total. The van der Waals surface area contributed by atoms with Crippen molar-refractivity contribution in [1.29, 1.82) is 0 Å². The fraction of sp³-hybridized carbons (Fsp3) is 0.727. The summed E-state index contributed by atoms with van der Waals surface area (Å²) in [6.45, 7) is 20.5. The summed E-state index contributed by atoms with van der Waals surface area (Å²) in [5.41, 5.74) is 2.58. The Morgan fingerprint density at radius 2 is 1.96 bits per heavy atom. The Bertz CT molecular complexity index is 555. The highest BCUT2D eigenvalue weighted by Gasteiger charge is 2.15. The monoisotopic (exact) mass is 392 g/mol. The lowest BCUT2D eigenvalue weighted by Crippen LogP contribution is -2.37. The van der Waals surface area contributed by atoms with Gasteiger partial charge in [0.05, 0.1) is 31.8 Å². The first-order valence-corrected chi connectivity index (χ1v) is 10.5. The second-order valence-corrected chi connectivity index (χ2v) is 8.55. The van der Waals surface area contributed by atoms with Crippen molar-refractivity contribution in [3.05, 3.63) is 23.4 Å². The van der Waals surface area contributed by atoms with Gasteiger partial charge in [0.25, 0.3) is 0 Å². The molecule has 0 atom stereocenters. The van der Waals surface area contributed by atoms with Gasteiger partial charge in [-0.25, -0.2) is 0 Å². The van der Waals surface area contributed by atoms with E-state index in [4.69, 9.17) is 4.74 Å². The zero-order valence-corrected chi connectivity index (χ0v) is 18.6. The molecule has 1 rings (SSSR count). The summed E-state index contributed by atoms with van der Waals surface area (Å²) in [5.74, 6) is -0.0503. The van der Waals surface area contributed by atoms with E-state index in [2.05, 4.69) is 54.8 Å². The predicted molar refractivity (Wildman–Crippen MR) is 118 cm³/mol. The zero-order chi connectivity index (χ0) is 21.0. The number of hydrogen-bond acceptors (Lipinski definition) is 4. The van der Waals surface area contributed by atoms with Crippen molar-refractivity contribution >= 4 is 12.2 Å². The lowest BCUT2D eigenvalue weighted by atomic mass is 9.92. The lowest BCUT2D eigenvalue weighted by Gasteiger charge is -2.25. The summed E-state index contributed by atoms with van der Waals surface area (Å²) in [4.78, 5) is 19.4. The van der Waals surface area contributed by atoms with Crippen molar-refractivity contribution in [2.45, 2.75) is 53.9 Å². The van der Waals surface area contributed by atoms with Crippen LogP contribution in [-0.4, -0.2) is 63.1 Å². The Kier molecular flexibility index (Phi) is 11.1. The predicted octanol–water partition coefficient (Wildman–Crippen LogP) is 3.12. The maximum atomic E-state index is 12.6. The van der Waals surface area contributed by atoms with Gasteiger partial charge in [-0.3, -0.25) is 14.7 Å². The normalized spacial score (nSPS) is 16.8. The molecule has 1 heterocycles. The molecular weight excluding hydrogens is 352 g/mol. The summed E-state index contributed by atoms with van der Waals surface area (Å²) < 4.78 is 5.36. The van der Waals surface area contributed by atoms with Crippen LogP contribution in [0.25, 0.3) is 0 Å². The molecule has 0 radical (unpaired) electrons. The molecule has 28 heavy (non-hydrogen) atoms. The molecule has 0 aromatic rings. The van der Waals surface area contributed by atoms with Gasteiger partial charge in [-0.05, 0) is 30.8 Å². The minimum atomic E-state index is -0.0503. The Morgan fingerprint density at radius 1 is 1.29 bits per heavy atom. The molecule has 1 fully saturated rings. The SMILES string of the molecule is C=C(CCC)/C(NC=NCCN1CCOCC1)=C(\C)C(=O)NCCC(C)(C)C. The Labute approximate surface area is 171 Å². The molecule has 160 valence electrons. The largest absolute Gasteiger partial charge is 0.379 e. The first-order chi connectivity index (χ1) is 13.2. The number of hydrogen-bond donors (Lipinski definition) is 2. The van der Waals surface area contributed by atoms with Crippen molar-refractivity contribution in [2.75, 3.05) is 45.9 Å². The Morgan fingerprint density at radius 3 is 2.57 bits per heavy atom. The van der Waals surface area contributed by atoms with E-state index in [9.17, 15) is 4.79 Å². The highest BCUT2D eigenvalue weighted by molar-refractivity contribution is 5.94. The number of carbonyl (C=O) groups excluding carboxylic acids is 1. The molecule has 1 saturated heterocycles. The van der Waals surface area contributed by atoms with Gasteiger partial charge >= 0.3 is 0 Å². The third-order valence-corrected chi connectivity index (χ3v) is 4.73. The fourth-order valence-corrected chi connectivity index (χ4v) is 2.90. The second kappa shape index (κ2) is 12.7. The van der Waals surface area contributed by atoms with Crippen LogP contribution in [0.5, 0.6) is 0 Å². The van der Waals surface area contributed by atoms with Crippen molar-refractivity contribution in [3.63, 3.8) is 0 Å². The van der Waals surface area contributed by atoms with Crippen LogP contribution >= 0.6 is 0 Å². The topological polar surface area (TPSA) is 66.0 Å². The van der Waals surface area contributed by atoms with Gasteiger partial charge in [0.1, 0.15) is 0 Å². The van der Waals surface area contributed by atoms with Crippen molar-refractivity contribution in [3.8, 4) is 0 Å². The number of nitrogens with one attached hydrogen (secondary N) is 2. The van der Waals surface area contributed by atoms with Crippen molar-refractivity contribution in [2.24, 2.45) is 10.4 Å². The van der Waals surface area contributed by atoms with Crippen LogP contribution in [0.15, 0.2) is 28.4 Å². The molecule has 1 aliphatic rings. The molecule has 0 aromatic carbocycles. The van der Waals surface area contributed by atoms with Gasteiger partial charge in [0.15, 0.2) is 0 Å². The van der Waals surface area contributed by atoms with Gasteiger partial charge in [0, 0.05) is 31.8 Å². The summed E-state index contributed by atoms with van der Waals surface area (Å²) in [6, 6.07) is 0. The Hall–Kier alpha value is -1.66.